The van der Waals surface area contributed by atoms with Crippen molar-refractivity contribution >= 4 is 37.3 Å². The minimum atomic E-state index is -4.74. The monoisotopic (exact) mass is 454 g/mol. The number of benzene rings is 2. The molecule has 0 bridgehead atoms. The zero-order valence-corrected chi connectivity index (χ0v) is 16.4. The van der Waals surface area contributed by atoms with E-state index >= 15 is 0 Å². The molecule has 1 fully saturated rings. The summed E-state index contributed by atoms with van der Waals surface area (Å²) in [6.45, 7) is 0. The van der Waals surface area contributed by atoms with Crippen LogP contribution in [0.4, 0.5) is 18.9 Å². The topological polar surface area (TPSA) is 92.3 Å². The highest BCUT2D eigenvalue weighted by Gasteiger charge is 2.33. The molecule has 0 atom stereocenters. The van der Waals surface area contributed by atoms with Crippen molar-refractivity contribution < 1.29 is 30.0 Å². The van der Waals surface area contributed by atoms with E-state index in [9.17, 15) is 30.0 Å². The van der Waals surface area contributed by atoms with Gasteiger partial charge >= 0.3 is 6.18 Å². The van der Waals surface area contributed by atoms with Gasteiger partial charge in [-0.15, -0.1) is 0 Å². The molecular weight excluding hydrogens is 441 g/mol. The van der Waals surface area contributed by atoms with Crippen molar-refractivity contribution in [2.45, 2.75) is 34.9 Å². The third-order valence-electron chi connectivity index (χ3n) is 3.86. The minimum Gasteiger partial charge on any atom is -0.280 e. The Hall–Kier alpha value is -1.82. The number of hydrogen-bond donors (Lipinski definition) is 2. The quantitative estimate of drug-likeness (QED) is 0.697. The predicted octanol–water partition coefficient (Wildman–Crippen LogP) is 3.60. The van der Waals surface area contributed by atoms with Crippen LogP contribution in [0.1, 0.15) is 18.4 Å². The first-order valence-corrected chi connectivity index (χ1v) is 11.2. The average molecular weight is 455 g/mol. The van der Waals surface area contributed by atoms with E-state index < -0.39 is 36.7 Å². The summed E-state index contributed by atoms with van der Waals surface area (Å²) in [5.41, 5.74) is -1.19. The summed E-state index contributed by atoms with van der Waals surface area (Å²) in [5.74, 6) is 0. The highest BCUT2D eigenvalue weighted by Crippen LogP contribution is 2.34. The maximum atomic E-state index is 12.8. The van der Waals surface area contributed by atoms with Gasteiger partial charge in [0, 0.05) is 11.7 Å². The second kappa shape index (κ2) is 7.21. The molecule has 28 heavy (non-hydrogen) atoms. The molecule has 0 saturated heterocycles. The number of hydrogen-bond acceptors (Lipinski definition) is 4. The van der Waals surface area contributed by atoms with Gasteiger partial charge in [-0.2, -0.15) is 13.2 Å². The Balaban J connectivity index is 1.85. The van der Waals surface area contributed by atoms with Gasteiger partial charge in [0.1, 0.15) is 4.90 Å². The van der Waals surface area contributed by atoms with Gasteiger partial charge in [-0.3, -0.25) is 4.72 Å². The van der Waals surface area contributed by atoms with Crippen molar-refractivity contribution in [2.24, 2.45) is 0 Å². The van der Waals surface area contributed by atoms with Gasteiger partial charge in [-0.1, -0.05) is 11.6 Å². The van der Waals surface area contributed by atoms with Gasteiger partial charge in [0.25, 0.3) is 10.0 Å². The van der Waals surface area contributed by atoms with E-state index in [0.29, 0.717) is 12.1 Å². The number of halogens is 4. The maximum absolute atomic E-state index is 12.8. The lowest BCUT2D eigenvalue weighted by Crippen LogP contribution is -2.25. The van der Waals surface area contributed by atoms with Crippen LogP contribution >= 0.6 is 11.6 Å². The molecule has 0 unspecified atom stereocenters. The van der Waals surface area contributed by atoms with Crippen molar-refractivity contribution in [1.29, 1.82) is 0 Å². The minimum absolute atomic E-state index is 0.0288. The van der Waals surface area contributed by atoms with E-state index in [1.807, 2.05) is 0 Å². The van der Waals surface area contributed by atoms with Crippen LogP contribution in [0, 0.1) is 0 Å². The van der Waals surface area contributed by atoms with Crippen LogP contribution < -0.4 is 9.44 Å². The van der Waals surface area contributed by atoms with Crippen LogP contribution in [-0.4, -0.2) is 22.9 Å². The Morgan fingerprint density at radius 1 is 0.929 bits per heavy atom. The molecule has 0 radical (unpaired) electrons. The number of sulfonamides is 2. The summed E-state index contributed by atoms with van der Waals surface area (Å²) in [6.07, 6.45) is -3.22. The van der Waals surface area contributed by atoms with Crippen LogP contribution in [-0.2, 0) is 26.2 Å². The second-order valence-electron chi connectivity index (χ2n) is 6.17. The first-order valence-electron chi connectivity index (χ1n) is 7.90. The lowest BCUT2D eigenvalue weighted by molar-refractivity contribution is -0.137. The van der Waals surface area contributed by atoms with Crippen LogP contribution in [0.3, 0.4) is 0 Å². The molecule has 1 saturated carbocycles. The Kier molecular flexibility index (Phi) is 5.38. The number of rotatable bonds is 6. The van der Waals surface area contributed by atoms with Crippen molar-refractivity contribution in [3.05, 3.63) is 53.1 Å². The summed E-state index contributed by atoms with van der Waals surface area (Å²) in [6, 6.07) is 6.63. The lowest BCUT2D eigenvalue weighted by atomic mass is 10.2. The van der Waals surface area contributed by atoms with E-state index in [1.54, 1.807) is 0 Å². The molecule has 152 valence electrons. The summed E-state index contributed by atoms with van der Waals surface area (Å²) in [4.78, 5) is -0.796. The highest BCUT2D eigenvalue weighted by atomic mass is 35.5. The zero-order chi connectivity index (χ0) is 20.7. The van der Waals surface area contributed by atoms with Crippen LogP contribution in [0.15, 0.2) is 52.3 Å². The molecule has 1 aliphatic rings. The third kappa shape index (κ3) is 4.77. The molecule has 0 aliphatic heterocycles. The normalized spacial score (nSPS) is 15.4. The Labute approximate surface area is 164 Å². The summed E-state index contributed by atoms with van der Waals surface area (Å²) >= 11 is 5.76. The standard InChI is InChI=1S/C16H14ClF3N2O4S2/c17-14-8-1-10(16(18,19)20)9-15(14)28(25,26)22-12-4-6-13(7-5-12)27(23,24)21-11-2-3-11/h1,4-9,11,21-22H,2-3H2. The van der Waals surface area contributed by atoms with E-state index in [1.165, 1.54) is 24.3 Å². The summed E-state index contributed by atoms with van der Waals surface area (Å²) in [5, 5.41) is -0.381. The Bertz CT molecular complexity index is 1100. The van der Waals surface area contributed by atoms with Gasteiger partial charge < -0.3 is 0 Å². The fourth-order valence-corrected chi connectivity index (χ4v) is 5.18. The molecule has 6 nitrogen and oxygen atoms in total. The fourth-order valence-electron chi connectivity index (χ4n) is 2.29. The molecule has 1 aliphatic carbocycles. The Morgan fingerprint density at radius 2 is 1.54 bits per heavy atom. The average Bonchev–Trinajstić information content (AvgIpc) is 3.37. The number of anilines is 1. The van der Waals surface area contributed by atoms with Gasteiger partial charge in [0.2, 0.25) is 10.0 Å². The van der Waals surface area contributed by atoms with Crippen molar-refractivity contribution in [2.75, 3.05) is 4.72 Å². The third-order valence-corrected chi connectivity index (χ3v) is 7.26. The Morgan fingerprint density at radius 3 is 2.07 bits per heavy atom. The first kappa shape index (κ1) is 20.9. The van der Waals surface area contributed by atoms with E-state index in [-0.39, 0.29) is 21.6 Å². The molecule has 12 heteroatoms. The first-order chi connectivity index (χ1) is 12.9. The molecule has 2 N–H and O–H groups in total. The molecular formula is C16H14ClF3N2O4S2. The van der Waals surface area contributed by atoms with Crippen molar-refractivity contribution in [1.82, 2.24) is 4.72 Å². The SMILES string of the molecule is O=S(=O)(NC1CC1)c1ccc(NS(=O)(=O)c2cc(C(F)(F)F)ccc2Cl)cc1. The predicted molar refractivity (Wildman–Crippen MR) is 97.0 cm³/mol. The van der Waals surface area contributed by atoms with Crippen molar-refractivity contribution in [3.63, 3.8) is 0 Å². The molecule has 2 aromatic rings. The molecule has 0 heterocycles. The summed E-state index contributed by atoms with van der Waals surface area (Å²) in [7, 11) is -8.14. The van der Waals surface area contributed by atoms with Gasteiger partial charge in [-0.05, 0) is 55.3 Å². The van der Waals surface area contributed by atoms with Crippen LogP contribution in [0.5, 0.6) is 0 Å². The fraction of sp³-hybridized carbons (Fsp3) is 0.250. The molecule has 0 amide bonds. The second-order valence-corrected chi connectivity index (χ2v) is 9.94. The molecule has 0 spiro atoms. The molecule has 2 aromatic carbocycles. The largest absolute Gasteiger partial charge is 0.416 e. The number of alkyl halides is 3. The number of nitrogens with one attached hydrogen (secondary N) is 2. The highest BCUT2D eigenvalue weighted by molar-refractivity contribution is 7.92. The van der Waals surface area contributed by atoms with Gasteiger partial charge in [0.15, 0.2) is 0 Å². The maximum Gasteiger partial charge on any atom is 0.416 e. The summed E-state index contributed by atoms with van der Waals surface area (Å²) < 4.78 is 92.2. The molecule has 0 aromatic heterocycles. The zero-order valence-electron chi connectivity index (χ0n) is 14.0. The van der Waals surface area contributed by atoms with Crippen LogP contribution in [0.2, 0.25) is 5.02 Å². The lowest BCUT2D eigenvalue weighted by Gasteiger charge is -2.13. The smallest absolute Gasteiger partial charge is 0.280 e. The van der Waals surface area contributed by atoms with Crippen molar-refractivity contribution in [3.8, 4) is 0 Å². The van der Waals surface area contributed by atoms with Gasteiger partial charge in [-0.25, -0.2) is 21.6 Å². The van der Waals surface area contributed by atoms with E-state index in [0.717, 1.165) is 18.9 Å². The van der Waals surface area contributed by atoms with Gasteiger partial charge in [0.05, 0.1) is 15.5 Å². The van der Waals surface area contributed by atoms with E-state index in [2.05, 4.69) is 9.44 Å². The molecule has 3 rings (SSSR count). The van der Waals surface area contributed by atoms with E-state index in [4.69, 9.17) is 11.6 Å². The van der Waals surface area contributed by atoms with Crippen LogP contribution in [0.25, 0.3) is 0 Å².